The van der Waals surface area contributed by atoms with Crippen LogP contribution in [0.25, 0.3) is 33.4 Å². The highest BCUT2D eigenvalue weighted by atomic mass is 16.5. The van der Waals surface area contributed by atoms with Crippen LogP contribution in [0.5, 0.6) is 23.0 Å². The van der Waals surface area contributed by atoms with Gasteiger partial charge in [-0.2, -0.15) is 0 Å². The van der Waals surface area contributed by atoms with E-state index in [1.54, 1.807) is 0 Å². The first-order valence-corrected chi connectivity index (χ1v) is 14.6. The maximum absolute atomic E-state index is 6.94. The molecule has 2 heterocycles. The molecule has 2 aliphatic rings. The zero-order valence-corrected chi connectivity index (χ0v) is 23.9. The van der Waals surface area contributed by atoms with Crippen molar-refractivity contribution in [2.75, 3.05) is 0 Å². The van der Waals surface area contributed by atoms with Crippen LogP contribution in [0.1, 0.15) is 16.7 Å². The standard InChI is InChI=1S/C39H29BO2/c1-24-11-4-7-14-29(24)27-19-20-35-34(21-27)40-33-18-10-17-32(31-16-9-6-13-26(31)3)39(33)42-37-23-28(22-36(41-35)38(37)40)30-15-8-5-12-25(30)2/h4-23H,1-3H3. The van der Waals surface area contributed by atoms with E-state index in [1.165, 1.54) is 49.9 Å². The number of para-hydroxylation sites is 1. The Hall–Kier alpha value is -5.02. The van der Waals surface area contributed by atoms with Gasteiger partial charge in [0.2, 0.25) is 0 Å². The van der Waals surface area contributed by atoms with Crippen molar-refractivity contribution in [3.8, 4) is 56.4 Å². The van der Waals surface area contributed by atoms with Gasteiger partial charge in [-0.1, -0.05) is 103 Å². The Kier molecular flexibility index (Phi) is 5.62. The first-order chi connectivity index (χ1) is 20.6. The Morgan fingerprint density at radius 2 is 1.00 bits per heavy atom. The summed E-state index contributed by atoms with van der Waals surface area (Å²) in [6.07, 6.45) is 0. The summed E-state index contributed by atoms with van der Waals surface area (Å²) >= 11 is 0. The molecule has 6 aromatic rings. The number of aryl methyl sites for hydroxylation is 3. The topological polar surface area (TPSA) is 18.5 Å². The fourth-order valence-electron chi connectivity index (χ4n) is 6.73. The van der Waals surface area contributed by atoms with Gasteiger partial charge in [-0.25, -0.2) is 0 Å². The lowest BCUT2D eigenvalue weighted by Gasteiger charge is -2.34. The van der Waals surface area contributed by atoms with Crippen molar-refractivity contribution in [2.24, 2.45) is 0 Å². The molecule has 0 radical (unpaired) electrons. The molecule has 0 N–H and O–H groups in total. The molecule has 0 aliphatic carbocycles. The second-order valence-corrected chi connectivity index (χ2v) is 11.4. The summed E-state index contributed by atoms with van der Waals surface area (Å²) in [6.45, 7) is 6.47. The van der Waals surface area contributed by atoms with E-state index in [9.17, 15) is 0 Å². The predicted octanol–water partition coefficient (Wildman–Crippen LogP) is 8.34. The van der Waals surface area contributed by atoms with Gasteiger partial charge in [0.1, 0.15) is 23.0 Å². The summed E-state index contributed by atoms with van der Waals surface area (Å²) in [4.78, 5) is 0. The molecule has 0 saturated heterocycles. The number of benzene rings is 6. The van der Waals surface area contributed by atoms with Gasteiger partial charge in [0.05, 0.1) is 0 Å². The average Bonchev–Trinajstić information content (AvgIpc) is 3.01. The SMILES string of the molecule is Cc1ccccc1-c1cc2c3c(c1)Oc1c(cccc1-c1ccccc1C)B3c1cc(-c3ccccc3C)ccc1O2. The van der Waals surface area contributed by atoms with Gasteiger partial charge in [0.25, 0.3) is 6.71 Å². The number of hydrogen-bond donors (Lipinski definition) is 0. The van der Waals surface area contributed by atoms with Crippen molar-refractivity contribution in [1.29, 1.82) is 0 Å². The van der Waals surface area contributed by atoms with E-state index in [-0.39, 0.29) is 6.71 Å². The van der Waals surface area contributed by atoms with E-state index >= 15 is 0 Å². The lowest BCUT2D eigenvalue weighted by Crippen LogP contribution is -2.57. The third-order valence-electron chi connectivity index (χ3n) is 8.85. The van der Waals surface area contributed by atoms with Crippen LogP contribution in [0.4, 0.5) is 0 Å². The maximum atomic E-state index is 6.94. The molecule has 8 rings (SSSR count). The van der Waals surface area contributed by atoms with Crippen molar-refractivity contribution in [2.45, 2.75) is 20.8 Å². The summed E-state index contributed by atoms with van der Waals surface area (Å²) < 4.78 is 13.7. The largest absolute Gasteiger partial charge is 0.458 e. The van der Waals surface area contributed by atoms with Gasteiger partial charge in [-0.15, -0.1) is 0 Å². The predicted molar refractivity (Wildman–Crippen MR) is 175 cm³/mol. The molecule has 6 aromatic carbocycles. The molecule has 0 bridgehead atoms. The van der Waals surface area contributed by atoms with Gasteiger partial charge < -0.3 is 9.47 Å². The average molecular weight is 540 g/mol. The normalized spacial score (nSPS) is 12.5. The molecule has 42 heavy (non-hydrogen) atoms. The second-order valence-electron chi connectivity index (χ2n) is 11.4. The molecule has 0 unspecified atom stereocenters. The highest BCUT2D eigenvalue weighted by Crippen LogP contribution is 2.42. The van der Waals surface area contributed by atoms with E-state index < -0.39 is 0 Å². The molecular weight excluding hydrogens is 511 g/mol. The minimum absolute atomic E-state index is 0.0126. The third kappa shape index (κ3) is 3.81. The Morgan fingerprint density at radius 3 is 1.67 bits per heavy atom. The molecule has 0 aromatic heterocycles. The van der Waals surface area contributed by atoms with Crippen molar-refractivity contribution < 1.29 is 9.47 Å². The van der Waals surface area contributed by atoms with Crippen LogP contribution in [0.3, 0.4) is 0 Å². The van der Waals surface area contributed by atoms with Gasteiger partial charge in [-0.05, 0) is 94.4 Å². The molecule has 0 spiro atoms. The van der Waals surface area contributed by atoms with Gasteiger partial charge in [0.15, 0.2) is 0 Å². The quantitative estimate of drug-likeness (QED) is 0.210. The van der Waals surface area contributed by atoms with E-state index in [0.29, 0.717) is 0 Å². The highest BCUT2D eigenvalue weighted by Gasteiger charge is 2.41. The summed E-state index contributed by atoms with van der Waals surface area (Å²) in [5.74, 6) is 3.54. The zero-order valence-electron chi connectivity index (χ0n) is 23.9. The van der Waals surface area contributed by atoms with Gasteiger partial charge >= 0.3 is 0 Å². The first-order valence-electron chi connectivity index (χ1n) is 14.6. The Balaban J connectivity index is 1.40. The first kappa shape index (κ1) is 24.8. The number of fused-ring (bicyclic) bond motifs is 4. The van der Waals surface area contributed by atoms with E-state index in [4.69, 9.17) is 9.47 Å². The lowest BCUT2D eigenvalue weighted by atomic mass is 9.34. The molecular formula is C39H29BO2. The fourth-order valence-corrected chi connectivity index (χ4v) is 6.73. The molecule has 0 amide bonds. The molecule has 2 aliphatic heterocycles. The third-order valence-corrected chi connectivity index (χ3v) is 8.85. The summed E-state index contributed by atoms with van der Waals surface area (Å²) in [6, 6.07) is 43.2. The van der Waals surface area contributed by atoms with Crippen LogP contribution in [-0.4, -0.2) is 6.71 Å². The van der Waals surface area contributed by atoms with Crippen LogP contribution in [0.15, 0.2) is 121 Å². The summed E-state index contributed by atoms with van der Waals surface area (Å²) in [7, 11) is 0. The molecule has 3 heteroatoms. The Bertz CT molecular complexity index is 2040. The minimum Gasteiger partial charge on any atom is -0.458 e. The molecule has 0 saturated carbocycles. The molecule has 0 fully saturated rings. The number of rotatable bonds is 3. The Morgan fingerprint density at radius 1 is 0.429 bits per heavy atom. The van der Waals surface area contributed by atoms with E-state index in [2.05, 4.69) is 142 Å². The van der Waals surface area contributed by atoms with E-state index in [0.717, 1.165) is 39.6 Å². The fraction of sp³-hybridized carbons (Fsp3) is 0.0769. The van der Waals surface area contributed by atoms with Crippen molar-refractivity contribution in [1.82, 2.24) is 0 Å². The zero-order chi connectivity index (χ0) is 28.4. The van der Waals surface area contributed by atoms with Crippen LogP contribution in [-0.2, 0) is 0 Å². The number of ether oxygens (including phenoxy) is 2. The van der Waals surface area contributed by atoms with Gasteiger partial charge in [-0.3, -0.25) is 0 Å². The van der Waals surface area contributed by atoms with Crippen LogP contribution in [0.2, 0.25) is 0 Å². The van der Waals surface area contributed by atoms with Crippen LogP contribution in [0, 0.1) is 20.8 Å². The Labute approximate surface area is 247 Å². The van der Waals surface area contributed by atoms with Crippen molar-refractivity contribution in [3.05, 3.63) is 138 Å². The summed E-state index contributed by atoms with van der Waals surface area (Å²) in [5, 5.41) is 0. The minimum atomic E-state index is -0.0126. The monoisotopic (exact) mass is 540 g/mol. The molecule has 0 atom stereocenters. The maximum Gasteiger partial charge on any atom is 0.260 e. The highest BCUT2D eigenvalue weighted by molar-refractivity contribution is 6.98. The van der Waals surface area contributed by atoms with Crippen molar-refractivity contribution >= 4 is 23.1 Å². The second kappa shape index (κ2) is 9.53. The lowest BCUT2D eigenvalue weighted by molar-refractivity contribution is 0.466. The molecule has 200 valence electrons. The summed E-state index contributed by atoms with van der Waals surface area (Å²) in [5.41, 5.74) is 14.1. The van der Waals surface area contributed by atoms with Gasteiger partial charge in [0, 0.05) is 11.0 Å². The smallest absolute Gasteiger partial charge is 0.260 e. The van der Waals surface area contributed by atoms with Crippen LogP contribution >= 0.6 is 0 Å². The van der Waals surface area contributed by atoms with Crippen LogP contribution < -0.4 is 25.9 Å². The molecule has 2 nitrogen and oxygen atoms in total. The van der Waals surface area contributed by atoms with Crippen molar-refractivity contribution in [3.63, 3.8) is 0 Å². The number of hydrogen-bond acceptors (Lipinski definition) is 2. The van der Waals surface area contributed by atoms with E-state index in [1.807, 2.05) is 0 Å².